The molecule has 0 aliphatic carbocycles. The molecule has 2 atom stereocenters. The first kappa shape index (κ1) is 29.9. The third kappa shape index (κ3) is 9.94. The summed E-state index contributed by atoms with van der Waals surface area (Å²) in [5, 5.41) is 13.0. The lowest BCUT2D eigenvalue weighted by Gasteiger charge is -2.33. The average Bonchev–Trinajstić information content (AvgIpc) is 2.78. The summed E-state index contributed by atoms with van der Waals surface area (Å²) in [7, 11) is 0. The Morgan fingerprint density at radius 2 is 1.54 bits per heavy atom. The number of hydrogen-bond donors (Lipinski definition) is 2. The number of rotatable bonds is 12. The van der Waals surface area contributed by atoms with Crippen LogP contribution in [0.3, 0.4) is 0 Å². The smallest absolute Gasteiger partial charge is 0.477 e. The van der Waals surface area contributed by atoms with Crippen LogP contribution >= 0.6 is 0 Å². The molecule has 0 aliphatic rings. The fraction of sp³-hybridized carbons (Fsp3) is 0.600. The van der Waals surface area contributed by atoms with E-state index in [4.69, 9.17) is 18.9 Å². The molecule has 0 fully saturated rings. The predicted molar refractivity (Wildman–Crippen MR) is 127 cm³/mol. The van der Waals surface area contributed by atoms with Crippen molar-refractivity contribution in [1.29, 1.82) is 0 Å². The molecule has 1 aromatic rings. The molecule has 10 heteroatoms. The van der Waals surface area contributed by atoms with Gasteiger partial charge in [0.15, 0.2) is 11.5 Å². The van der Waals surface area contributed by atoms with E-state index in [1.807, 2.05) is 27.7 Å². The molecule has 35 heavy (non-hydrogen) atoms. The van der Waals surface area contributed by atoms with Crippen LogP contribution in [0.15, 0.2) is 18.2 Å². The topological polar surface area (TPSA) is 137 Å². The minimum absolute atomic E-state index is 0.0173. The Labute approximate surface area is 206 Å². The van der Waals surface area contributed by atoms with E-state index in [0.29, 0.717) is 12.0 Å². The van der Waals surface area contributed by atoms with Gasteiger partial charge < -0.3 is 24.1 Å². The summed E-state index contributed by atoms with van der Waals surface area (Å²) in [6.07, 6.45) is -0.724. The lowest BCUT2D eigenvalue weighted by atomic mass is 9.99. The van der Waals surface area contributed by atoms with E-state index < -0.39 is 29.8 Å². The summed E-state index contributed by atoms with van der Waals surface area (Å²) >= 11 is 0. The fourth-order valence-corrected chi connectivity index (χ4v) is 2.75. The van der Waals surface area contributed by atoms with Gasteiger partial charge in [0.05, 0.1) is 6.61 Å². The molecule has 1 aromatic carbocycles. The summed E-state index contributed by atoms with van der Waals surface area (Å²) < 4.78 is 21.0. The molecular formula is C25H37NO9. The maximum absolute atomic E-state index is 12.5. The van der Waals surface area contributed by atoms with Crippen molar-refractivity contribution in [1.82, 2.24) is 5.32 Å². The molecule has 196 valence electrons. The van der Waals surface area contributed by atoms with Crippen molar-refractivity contribution in [3.63, 3.8) is 0 Å². The number of carboxylic acid groups (broad SMARTS) is 1. The Hall–Kier alpha value is -3.14. The quantitative estimate of drug-likeness (QED) is 0.246. The fourth-order valence-electron chi connectivity index (χ4n) is 2.75. The third-order valence-electron chi connectivity index (χ3n) is 4.80. The van der Waals surface area contributed by atoms with Crippen molar-refractivity contribution in [3.8, 4) is 11.5 Å². The van der Waals surface area contributed by atoms with Crippen molar-refractivity contribution in [3.05, 3.63) is 23.8 Å². The Morgan fingerprint density at radius 3 is 2.03 bits per heavy atom. The normalized spacial score (nSPS) is 13.8. The average molecular weight is 496 g/mol. The molecule has 0 spiro atoms. The first-order valence-electron chi connectivity index (χ1n) is 11.7. The maximum atomic E-state index is 12.5. The van der Waals surface area contributed by atoms with Gasteiger partial charge in [0, 0.05) is 25.3 Å². The molecule has 0 amide bonds. The Balaban J connectivity index is 3.39. The van der Waals surface area contributed by atoms with Gasteiger partial charge in [-0.2, -0.15) is 0 Å². The van der Waals surface area contributed by atoms with Gasteiger partial charge >= 0.3 is 24.1 Å². The van der Waals surface area contributed by atoms with Gasteiger partial charge in [0.2, 0.25) is 0 Å². The molecule has 2 N–H and O–H groups in total. The minimum Gasteiger partial charge on any atom is -0.477 e. The number of benzene rings is 1. The summed E-state index contributed by atoms with van der Waals surface area (Å²) in [6, 6.07) is 3.95. The highest BCUT2D eigenvalue weighted by molar-refractivity contribution is 5.81. The highest BCUT2D eigenvalue weighted by Gasteiger charge is 2.45. The Morgan fingerprint density at radius 1 is 0.971 bits per heavy atom. The molecule has 0 saturated heterocycles. The zero-order chi connectivity index (χ0) is 26.8. The van der Waals surface area contributed by atoms with Crippen LogP contribution < -0.4 is 14.8 Å². The number of ether oxygens (including phenoxy) is 4. The minimum atomic E-state index is -2.17. The van der Waals surface area contributed by atoms with Crippen LogP contribution in [0, 0.1) is 5.41 Å². The highest BCUT2D eigenvalue weighted by atomic mass is 16.7. The molecular weight excluding hydrogens is 458 g/mol. The van der Waals surface area contributed by atoms with E-state index in [9.17, 15) is 24.3 Å². The number of aliphatic carboxylic acids is 1. The summed E-state index contributed by atoms with van der Waals surface area (Å²) in [4.78, 5) is 48.6. The van der Waals surface area contributed by atoms with Crippen LogP contribution in [-0.2, 0) is 30.3 Å². The van der Waals surface area contributed by atoms with Gasteiger partial charge in [-0.25, -0.2) is 9.59 Å². The maximum Gasteiger partial charge on any atom is 0.510 e. The molecule has 1 unspecified atom stereocenters. The zero-order valence-corrected chi connectivity index (χ0v) is 21.6. The second-order valence-electron chi connectivity index (χ2n) is 9.40. The lowest BCUT2D eigenvalue weighted by molar-refractivity contribution is -0.167. The second-order valence-corrected chi connectivity index (χ2v) is 9.40. The van der Waals surface area contributed by atoms with E-state index in [-0.39, 0.29) is 48.8 Å². The zero-order valence-electron chi connectivity index (χ0n) is 21.6. The molecule has 1 rings (SSSR count). The van der Waals surface area contributed by atoms with Gasteiger partial charge in [0.1, 0.15) is 0 Å². The lowest BCUT2D eigenvalue weighted by Crippen LogP contribution is -2.59. The van der Waals surface area contributed by atoms with Crippen molar-refractivity contribution in [2.24, 2.45) is 5.41 Å². The monoisotopic (exact) mass is 495 g/mol. The number of esters is 2. The van der Waals surface area contributed by atoms with E-state index >= 15 is 0 Å². The van der Waals surface area contributed by atoms with Crippen LogP contribution in [0.5, 0.6) is 11.5 Å². The molecule has 0 radical (unpaired) electrons. The van der Waals surface area contributed by atoms with Crippen molar-refractivity contribution in [2.45, 2.75) is 85.9 Å². The summed E-state index contributed by atoms with van der Waals surface area (Å²) in [6.45, 7) is 12.4. The summed E-state index contributed by atoms with van der Waals surface area (Å²) in [5.74, 6) is -2.56. The number of carbonyl (C=O) groups excluding carboxylic acids is 3. The van der Waals surface area contributed by atoms with Crippen molar-refractivity contribution in [2.75, 3.05) is 6.61 Å². The van der Waals surface area contributed by atoms with Crippen LogP contribution in [-0.4, -0.2) is 47.5 Å². The Bertz CT molecular complexity index is 907. The van der Waals surface area contributed by atoms with Gasteiger partial charge in [-0.05, 0) is 36.5 Å². The molecule has 0 bridgehead atoms. The van der Waals surface area contributed by atoms with E-state index in [0.717, 1.165) is 0 Å². The number of hydrogen-bond acceptors (Lipinski definition) is 9. The van der Waals surface area contributed by atoms with Crippen LogP contribution in [0.2, 0.25) is 0 Å². The second kappa shape index (κ2) is 13.1. The van der Waals surface area contributed by atoms with E-state index in [1.165, 1.54) is 18.2 Å². The van der Waals surface area contributed by atoms with Crippen LogP contribution in [0.25, 0.3) is 0 Å². The Kier molecular flexibility index (Phi) is 11.2. The molecule has 0 heterocycles. The van der Waals surface area contributed by atoms with Crippen molar-refractivity contribution >= 4 is 24.1 Å². The highest BCUT2D eigenvalue weighted by Crippen LogP contribution is 2.31. The van der Waals surface area contributed by atoms with Gasteiger partial charge in [-0.1, -0.05) is 47.6 Å². The summed E-state index contributed by atoms with van der Waals surface area (Å²) in [5.41, 5.74) is -2.17. The number of carbonyl (C=O) groups is 4. The standard InChI is InChI=1S/C25H37NO9/c1-8-16(4)26-25(22(29)30,35-23(31)32-15-24(5,6)7)14-17-11-12-18(33-20(27)9-2)19(13-17)34-21(28)10-3/h11-13,16,26H,8-10,14-15H2,1-7H3,(H,29,30)/t16?,25-/m0/s1. The number of carboxylic acids is 1. The molecule has 0 saturated carbocycles. The van der Waals surface area contributed by atoms with Crippen LogP contribution in [0.1, 0.15) is 73.3 Å². The first-order valence-corrected chi connectivity index (χ1v) is 11.7. The third-order valence-corrected chi connectivity index (χ3v) is 4.80. The molecule has 0 aliphatic heterocycles. The van der Waals surface area contributed by atoms with Gasteiger partial charge in [-0.3, -0.25) is 14.9 Å². The van der Waals surface area contributed by atoms with Gasteiger partial charge in [-0.15, -0.1) is 0 Å². The van der Waals surface area contributed by atoms with E-state index in [1.54, 1.807) is 20.8 Å². The van der Waals surface area contributed by atoms with E-state index in [2.05, 4.69) is 5.32 Å². The first-order chi connectivity index (χ1) is 16.2. The van der Waals surface area contributed by atoms with Crippen LogP contribution in [0.4, 0.5) is 4.79 Å². The molecule has 0 aromatic heterocycles. The largest absolute Gasteiger partial charge is 0.510 e. The van der Waals surface area contributed by atoms with Gasteiger partial charge in [0.25, 0.3) is 5.72 Å². The predicted octanol–water partition coefficient (Wildman–Crippen LogP) is 4.23. The molecule has 10 nitrogen and oxygen atoms in total. The number of nitrogens with one attached hydrogen (secondary N) is 1. The SMILES string of the molecule is CCC(=O)Oc1ccc(C[C@](NC(C)CC)(OC(=O)OCC(C)(C)C)C(=O)O)cc1OC(=O)CC. The van der Waals surface area contributed by atoms with Crippen molar-refractivity contribution < 1.29 is 43.2 Å².